The number of halogens is 2. The van der Waals surface area contributed by atoms with Crippen molar-refractivity contribution in [1.29, 1.82) is 0 Å². The minimum absolute atomic E-state index is 0.0820. The number of carbonyl (C=O) groups is 3. The average Bonchev–Trinajstić information content (AvgIpc) is 3.53. The van der Waals surface area contributed by atoms with Gasteiger partial charge in [-0.05, 0) is 100 Å². The number of carboxylic acids is 1. The van der Waals surface area contributed by atoms with Crippen LogP contribution in [-0.2, 0) is 29.2 Å². The second-order valence-electron chi connectivity index (χ2n) is 14.6. The number of carbonyl (C=O) groups excluding carboxylic acids is 2. The van der Waals surface area contributed by atoms with E-state index in [1.807, 2.05) is 57.3 Å². The summed E-state index contributed by atoms with van der Waals surface area (Å²) in [6.45, 7) is 8.98. The molecular weight excluding hydrogens is 699 g/mol. The minimum atomic E-state index is -0.972. The summed E-state index contributed by atoms with van der Waals surface area (Å²) in [5.74, 6) is -0.702. The molecule has 0 unspecified atom stereocenters. The Morgan fingerprint density at radius 1 is 0.942 bits per heavy atom. The number of aromatic carboxylic acids is 1. The standard InChI is InChI=1S/C41H48Cl2N4O5/c1-5-6-21-47-24-36(33-20-17-29(42)23-34(33)43)44-37(47)35(45-38(48)31-9-7-8-10-32(31)39(49)46-41(2,3)4)22-26-13-18-30(19-14-26)52-25-27-11-15-28(16-12-27)40(50)51/h11-20,23-24,31-32,35H,5-10,21-22,25H2,1-4H3,(H,45,48)(H,46,49)(H,50,51)/t31-,32-,35-/m0/s1. The zero-order valence-electron chi connectivity index (χ0n) is 30.3. The summed E-state index contributed by atoms with van der Waals surface area (Å²) in [6, 6.07) is 19.1. The maximum atomic E-state index is 14.3. The molecule has 1 fully saturated rings. The Balaban J connectivity index is 1.43. The number of aryl methyl sites for hydroxylation is 1. The largest absolute Gasteiger partial charge is 0.489 e. The van der Waals surface area contributed by atoms with Gasteiger partial charge in [-0.3, -0.25) is 9.59 Å². The van der Waals surface area contributed by atoms with Gasteiger partial charge in [-0.15, -0.1) is 0 Å². The molecule has 276 valence electrons. The summed E-state index contributed by atoms with van der Waals surface area (Å²) < 4.78 is 8.10. The van der Waals surface area contributed by atoms with Gasteiger partial charge in [-0.2, -0.15) is 0 Å². The van der Waals surface area contributed by atoms with E-state index in [-0.39, 0.29) is 24.0 Å². The summed E-state index contributed by atoms with van der Waals surface area (Å²) in [7, 11) is 0. The van der Waals surface area contributed by atoms with Crippen LogP contribution in [0.5, 0.6) is 5.75 Å². The summed E-state index contributed by atoms with van der Waals surface area (Å²) in [6.07, 6.45) is 7.43. The van der Waals surface area contributed by atoms with E-state index in [1.54, 1.807) is 36.4 Å². The van der Waals surface area contributed by atoms with E-state index in [1.165, 1.54) is 0 Å². The lowest BCUT2D eigenvalue weighted by molar-refractivity contribution is -0.137. The smallest absolute Gasteiger partial charge is 0.335 e. The van der Waals surface area contributed by atoms with E-state index in [0.717, 1.165) is 42.4 Å². The molecule has 11 heteroatoms. The van der Waals surface area contributed by atoms with Crippen molar-refractivity contribution in [1.82, 2.24) is 20.2 Å². The Kier molecular flexibility index (Phi) is 13.0. The minimum Gasteiger partial charge on any atom is -0.489 e. The molecule has 0 aliphatic heterocycles. The number of amides is 2. The fourth-order valence-corrected chi connectivity index (χ4v) is 7.12. The van der Waals surface area contributed by atoms with Crippen LogP contribution < -0.4 is 15.4 Å². The first-order chi connectivity index (χ1) is 24.8. The monoisotopic (exact) mass is 746 g/mol. The van der Waals surface area contributed by atoms with Crippen molar-refractivity contribution in [2.75, 3.05) is 0 Å². The number of carboxylic acid groups (broad SMARTS) is 1. The van der Waals surface area contributed by atoms with E-state index in [0.29, 0.717) is 53.1 Å². The summed E-state index contributed by atoms with van der Waals surface area (Å²) in [5.41, 5.74) is 3.07. The van der Waals surface area contributed by atoms with Crippen LogP contribution in [0.3, 0.4) is 0 Å². The zero-order valence-corrected chi connectivity index (χ0v) is 31.8. The van der Waals surface area contributed by atoms with Gasteiger partial charge in [0.1, 0.15) is 18.2 Å². The summed E-state index contributed by atoms with van der Waals surface area (Å²) >= 11 is 12.9. The lowest BCUT2D eigenvalue weighted by Gasteiger charge is -2.33. The third-order valence-electron chi connectivity index (χ3n) is 9.30. The molecule has 1 heterocycles. The highest BCUT2D eigenvalue weighted by molar-refractivity contribution is 6.36. The Hall–Kier alpha value is -4.34. The molecular formula is C41H48Cl2N4O5. The molecule has 0 saturated heterocycles. The van der Waals surface area contributed by atoms with Crippen LogP contribution in [0.25, 0.3) is 11.3 Å². The maximum absolute atomic E-state index is 14.3. The van der Waals surface area contributed by atoms with Gasteiger partial charge < -0.3 is 25.0 Å². The van der Waals surface area contributed by atoms with Crippen LogP contribution in [0.4, 0.5) is 0 Å². The lowest BCUT2D eigenvalue weighted by Crippen LogP contribution is -2.49. The fourth-order valence-electron chi connectivity index (χ4n) is 6.62. The molecule has 5 rings (SSSR count). The third-order valence-corrected chi connectivity index (χ3v) is 9.85. The first-order valence-electron chi connectivity index (χ1n) is 18.0. The topological polar surface area (TPSA) is 123 Å². The van der Waals surface area contributed by atoms with Crippen molar-refractivity contribution in [3.63, 3.8) is 0 Å². The number of benzene rings is 3. The predicted octanol–water partition coefficient (Wildman–Crippen LogP) is 9.06. The van der Waals surface area contributed by atoms with Gasteiger partial charge in [-0.1, -0.05) is 73.7 Å². The van der Waals surface area contributed by atoms with Crippen LogP contribution in [0.15, 0.2) is 72.9 Å². The van der Waals surface area contributed by atoms with Crippen LogP contribution in [-0.4, -0.2) is 38.0 Å². The second-order valence-corrected chi connectivity index (χ2v) is 15.4. The van der Waals surface area contributed by atoms with Gasteiger partial charge in [0.05, 0.1) is 22.3 Å². The highest BCUT2D eigenvalue weighted by atomic mass is 35.5. The normalized spacial score (nSPS) is 16.6. The number of imidazole rings is 1. The van der Waals surface area contributed by atoms with Crippen molar-refractivity contribution < 1.29 is 24.2 Å². The molecule has 1 aromatic heterocycles. The molecule has 3 N–H and O–H groups in total. The third kappa shape index (κ3) is 10.4. The molecule has 1 aliphatic rings. The second kappa shape index (κ2) is 17.5. The summed E-state index contributed by atoms with van der Waals surface area (Å²) in [4.78, 5) is 44.0. The van der Waals surface area contributed by atoms with E-state index >= 15 is 0 Å². The molecule has 0 spiro atoms. The van der Waals surface area contributed by atoms with Gasteiger partial charge in [0.15, 0.2) is 0 Å². The van der Waals surface area contributed by atoms with Crippen molar-refractivity contribution >= 4 is 41.0 Å². The molecule has 9 nitrogen and oxygen atoms in total. The van der Waals surface area contributed by atoms with E-state index in [2.05, 4.69) is 22.1 Å². The van der Waals surface area contributed by atoms with Crippen LogP contribution in [0, 0.1) is 11.8 Å². The van der Waals surface area contributed by atoms with Crippen molar-refractivity contribution in [3.8, 4) is 17.0 Å². The Morgan fingerprint density at radius 3 is 2.21 bits per heavy atom. The number of nitrogens with zero attached hydrogens (tertiary/aromatic N) is 2. The van der Waals surface area contributed by atoms with Crippen molar-refractivity contribution in [3.05, 3.63) is 105 Å². The number of nitrogens with one attached hydrogen (secondary N) is 2. The van der Waals surface area contributed by atoms with Crippen LogP contribution in [0.2, 0.25) is 10.0 Å². The molecule has 0 bridgehead atoms. The molecule has 4 aromatic rings. The quantitative estimate of drug-likeness (QED) is 0.118. The molecule has 0 radical (unpaired) electrons. The number of rotatable bonds is 14. The summed E-state index contributed by atoms with van der Waals surface area (Å²) in [5, 5.41) is 16.6. The van der Waals surface area contributed by atoms with Gasteiger partial charge >= 0.3 is 5.97 Å². The molecule has 1 aliphatic carbocycles. The van der Waals surface area contributed by atoms with Crippen molar-refractivity contribution in [2.24, 2.45) is 11.8 Å². The molecule has 52 heavy (non-hydrogen) atoms. The first-order valence-corrected chi connectivity index (χ1v) is 18.8. The number of unbranched alkanes of at least 4 members (excludes halogenated alkanes) is 1. The molecule has 3 atom stereocenters. The fraction of sp³-hybridized carbons (Fsp3) is 0.415. The Morgan fingerprint density at radius 2 is 1.60 bits per heavy atom. The van der Waals surface area contributed by atoms with E-state index in [9.17, 15) is 19.5 Å². The van der Waals surface area contributed by atoms with Gasteiger partial charge in [-0.25, -0.2) is 9.78 Å². The first kappa shape index (κ1) is 38.9. The Labute approximate surface area is 316 Å². The predicted molar refractivity (Wildman–Crippen MR) is 205 cm³/mol. The lowest BCUT2D eigenvalue weighted by atomic mass is 9.77. The molecule has 3 aromatic carbocycles. The van der Waals surface area contributed by atoms with Crippen molar-refractivity contribution in [2.45, 2.75) is 97.4 Å². The van der Waals surface area contributed by atoms with E-state index < -0.39 is 29.4 Å². The molecule has 1 saturated carbocycles. The van der Waals surface area contributed by atoms with E-state index in [4.69, 9.17) is 32.9 Å². The number of hydrogen-bond acceptors (Lipinski definition) is 5. The number of aromatic nitrogens is 2. The zero-order chi connectivity index (χ0) is 37.4. The SMILES string of the molecule is CCCCn1cc(-c2ccc(Cl)cc2Cl)nc1[C@H](Cc1ccc(OCc2ccc(C(=O)O)cc2)cc1)NC(=O)[C@H]1CCCC[C@@H]1C(=O)NC(C)(C)C. The maximum Gasteiger partial charge on any atom is 0.335 e. The van der Waals surface area contributed by atoms with Gasteiger partial charge in [0, 0.05) is 40.7 Å². The Bertz CT molecular complexity index is 1850. The number of hydrogen-bond donors (Lipinski definition) is 3. The number of ether oxygens (including phenoxy) is 1. The highest BCUT2D eigenvalue weighted by Gasteiger charge is 2.38. The average molecular weight is 748 g/mol. The molecule has 2 amide bonds. The van der Waals surface area contributed by atoms with Gasteiger partial charge in [0.25, 0.3) is 0 Å². The highest BCUT2D eigenvalue weighted by Crippen LogP contribution is 2.34. The van der Waals surface area contributed by atoms with Gasteiger partial charge in [0.2, 0.25) is 11.8 Å². The van der Waals surface area contributed by atoms with Crippen LogP contribution >= 0.6 is 23.2 Å². The van der Waals surface area contributed by atoms with Crippen LogP contribution in [0.1, 0.15) is 99.6 Å².